The number of hydrogen-bond donors (Lipinski definition) is 1. The highest BCUT2D eigenvalue weighted by molar-refractivity contribution is 5.44. The Hall–Kier alpha value is -1.22. The second-order valence-electron chi connectivity index (χ2n) is 4.27. The van der Waals surface area contributed by atoms with E-state index in [9.17, 15) is 5.11 Å². The molecule has 0 atom stereocenters. The molecule has 102 valence electrons. The van der Waals surface area contributed by atoms with Crippen molar-refractivity contribution in [2.45, 2.75) is 46.1 Å². The third kappa shape index (κ3) is 3.16. The van der Waals surface area contributed by atoms with Crippen molar-refractivity contribution in [3.63, 3.8) is 0 Å². The number of hydrogen-bond acceptors (Lipinski definition) is 3. The minimum Gasteiger partial charge on any atom is -0.490 e. The molecule has 0 aromatic heterocycles. The average molecular weight is 252 g/mol. The summed E-state index contributed by atoms with van der Waals surface area (Å²) in [6.07, 6.45) is 1.37. The van der Waals surface area contributed by atoms with E-state index in [1.54, 1.807) is 0 Å². The first kappa shape index (κ1) is 14.8. The molecule has 3 heteroatoms. The summed E-state index contributed by atoms with van der Waals surface area (Å²) in [6.45, 7) is 9.04. The molecule has 0 aliphatic rings. The van der Waals surface area contributed by atoms with Crippen LogP contribution in [-0.2, 0) is 5.60 Å². The normalized spacial score (nSPS) is 11.4. The molecule has 0 radical (unpaired) electrons. The van der Waals surface area contributed by atoms with Crippen LogP contribution >= 0.6 is 0 Å². The number of aliphatic hydroxyl groups is 1. The van der Waals surface area contributed by atoms with Crippen molar-refractivity contribution < 1.29 is 14.6 Å². The fourth-order valence-corrected chi connectivity index (χ4v) is 2.00. The van der Waals surface area contributed by atoms with Crippen LogP contribution in [0.2, 0.25) is 0 Å². The Labute approximate surface area is 110 Å². The first-order valence-electron chi connectivity index (χ1n) is 6.73. The summed E-state index contributed by atoms with van der Waals surface area (Å²) in [5.41, 5.74) is 0.107. The molecule has 1 aromatic carbocycles. The van der Waals surface area contributed by atoms with Gasteiger partial charge in [0.05, 0.1) is 18.8 Å². The Bertz CT molecular complexity index is 370. The van der Waals surface area contributed by atoms with Gasteiger partial charge in [0.1, 0.15) is 0 Å². The van der Waals surface area contributed by atoms with E-state index in [0.717, 1.165) is 11.3 Å². The van der Waals surface area contributed by atoms with Crippen LogP contribution in [0.5, 0.6) is 11.5 Å². The maximum Gasteiger partial charge on any atom is 0.161 e. The standard InChI is InChI=1S/C15H24O3/c1-5-15(16,6-2)12-9-10-13(17-7-3)14(11-12)18-8-4/h9-11,16H,5-8H2,1-4H3. The van der Waals surface area contributed by atoms with Gasteiger partial charge in [-0.2, -0.15) is 0 Å². The maximum atomic E-state index is 10.5. The van der Waals surface area contributed by atoms with E-state index in [1.165, 1.54) is 0 Å². The average Bonchev–Trinajstić information content (AvgIpc) is 2.40. The molecule has 0 aliphatic heterocycles. The zero-order chi connectivity index (χ0) is 13.6. The lowest BCUT2D eigenvalue weighted by Crippen LogP contribution is -2.23. The van der Waals surface area contributed by atoms with Gasteiger partial charge in [0, 0.05) is 0 Å². The predicted molar refractivity (Wildman–Crippen MR) is 73.3 cm³/mol. The summed E-state index contributed by atoms with van der Waals surface area (Å²) in [6, 6.07) is 5.68. The number of rotatable bonds is 7. The van der Waals surface area contributed by atoms with E-state index in [-0.39, 0.29) is 0 Å². The third-order valence-corrected chi connectivity index (χ3v) is 3.25. The van der Waals surface area contributed by atoms with E-state index < -0.39 is 5.60 Å². The first-order valence-corrected chi connectivity index (χ1v) is 6.73. The second-order valence-corrected chi connectivity index (χ2v) is 4.27. The molecule has 0 fully saturated rings. The lowest BCUT2D eigenvalue weighted by molar-refractivity contribution is 0.0281. The van der Waals surface area contributed by atoms with E-state index in [0.29, 0.717) is 31.8 Å². The Balaban J connectivity index is 3.13. The summed E-state index contributed by atoms with van der Waals surface area (Å²) >= 11 is 0. The lowest BCUT2D eigenvalue weighted by Gasteiger charge is -2.26. The van der Waals surface area contributed by atoms with E-state index in [1.807, 2.05) is 45.9 Å². The third-order valence-electron chi connectivity index (χ3n) is 3.25. The zero-order valence-electron chi connectivity index (χ0n) is 11.8. The SMILES string of the molecule is CCOc1ccc(C(O)(CC)CC)cc1OCC. The van der Waals surface area contributed by atoms with Crippen molar-refractivity contribution in [2.24, 2.45) is 0 Å². The summed E-state index contributed by atoms with van der Waals surface area (Å²) in [5, 5.41) is 10.5. The molecule has 0 heterocycles. The molecule has 0 bridgehead atoms. The molecule has 18 heavy (non-hydrogen) atoms. The summed E-state index contributed by atoms with van der Waals surface area (Å²) in [4.78, 5) is 0. The van der Waals surface area contributed by atoms with Crippen LogP contribution in [0, 0.1) is 0 Å². The summed E-state index contributed by atoms with van der Waals surface area (Å²) in [5.74, 6) is 1.44. The Morgan fingerprint density at radius 2 is 1.50 bits per heavy atom. The maximum absolute atomic E-state index is 10.5. The highest BCUT2D eigenvalue weighted by atomic mass is 16.5. The van der Waals surface area contributed by atoms with Crippen molar-refractivity contribution in [2.75, 3.05) is 13.2 Å². The fourth-order valence-electron chi connectivity index (χ4n) is 2.00. The largest absolute Gasteiger partial charge is 0.490 e. The van der Waals surface area contributed by atoms with Crippen LogP contribution in [0.15, 0.2) is 18.2 Å². The van der Waals surface area contributed by atoms with Gasteiger partial charge in [0.2, 0.25) is 0 Å². The second kappa shape index (κ2) is 6.64. The van der Waals surface area contributed by atoms with Gasteiger partial charge in [-0.15, -0.1) is 0 Å². The van der Waals surface area contributed by atoms with Gasteiger partial charge >= 0.3 is 0 Å². The Morgan fingerprint density at radius 3 is 2.00 bits per heavy atom. The molecule has 0 amide bonds. The molecule has 3 nitrogen and oxygen atoms in total. The van der Waals surface area contributed by atoms with Crippen LogP contribution in [0.1, 0.15) is 46.1 Å². The van der Waals surface area contributed by atoms with E-state index in [4.69, 9.17) is 9.47 Å². The van der Waals surface area contributed by atoms with Gasteiger partial charge in [-0.1, -0.05) is 19.9 Å². The molecule has 0 saturated heterocycles. The smallest absolute Gasteiger partial charge is 0.161 e. The molecule has 1 N–H and O–H groups in total. The van der Waals surface area contributed by atoms with Crippen LogP contribution in [0.3, 0.4) is 0 Å². The van der Waals surface area contributed by atoms with Crippen molar-refractivity contribution in [3.05, 3.63) is 23.8 Å². The molecular weight excluding hydrogens is 228 g/mol. The van der Waals surface area contributed by atoms with Gasteiger partial charge in [-0.05, 0) is 44.4 Å². The Morgan fingerprint density at radius 1 is 0.944 bits per heavy atom. The number of ether oxygens (including phenoxy) is 2. The molecule has 1 rings (SSSR count). The minimum atomic E-state index is -0.781. The first-order chi connectivity index (χ1) is 8.61. The van der Waals surface area contributed by atoms with E-state index in [2.05, 4.69) is 0 Å². The lowest BCUT2D eigenvalue weighted by atomic mass is 9.88. The highest BCUT2D eigenvalue weighted by Gasteiger charge is 2.26. The highest BCUT2D eigenvalue weighted by Crippen LogP contribution is 2.35. The van der Waals surface area contributed by atoms with Gasteiger partial charge in [-0.25, -0.2) is 0 Å². The van der Waals surface area contributed by atoms with Gasteiger partial charge < -0.3 is 14.6 Å². The van der Waals surface area contributed by atoms with Gasteiger partial charge in [0.15, 0.2) is 11.5 Å². The van der Waals surface area contributed by atoms with Crippen molar-refractivity contribution >= 4 is 0 Å². The monoisotopic (exact) mass is 252 g/mol. The molecule has 0 aliphatic carbocycles. The predicted octanol–water partition coefficient (Wildman–Crippen LogP) is 3.49. The van der Waals surface area contributed by atoms with Crippen LogP contribution < -0.4 is 9.47 Å². The van der Waals surface area contributed by atoms with Crippen LogP contribution in [0.25, 0.3) is 0 Å². The van der Waals surface area contributed by atoms with E-state index >= 15 is 0 Å². The Kier molecular flexibility index (Phi) is 5.48. The zero-order valence-corrected chi connectivity index (χ0v) is 11.8. The molecule has 0 unspecified atom stereocenters. The quantitative estimate of drug-likeness (QED) is 0.807. The van der Waals surface area contributed by atoms with Crippen molar-refractivity contribution in [1.82, 2.24) is 0 Å². The van der Waals surface area contributed by atoms with Crippen molar-refractivity contribution in [1.29, 1.82) is 0 Å². The fraction of sp³-hybridized carbons (Fsp3) is 0.600. The van der Waals surface area contributed by atoms with Gasteiger partial charge in [-0.3, -0.25) is 0 Å². The molecule has 1 aromatic rings. The molecule has 0 saturated carbocycles. The topological polar surface area (TPSA) is 38.7 Å². The van der Waals surface area contributed by atoms with Crippen molar-refractivity contribution in [3.8, 4) is 11.5 Å². The summed E-state index contributed by atoms with van der Waals surface area (Å²) in [7, 11) is 0. The summed E-state index contributed by atoms with van der Waals surface area (Å²) < 4.78 is 11.1. The molecule has 0 spiro atoms. The van der Waals surface area contributed by atoms with Crippen LogP contribution in [-0.4, -0.2) is 18.3 Å². The molecular formula is C15H24O3. The van der Waals surface area contributed by atoms with Crippen LogP contribution in [0.4, 0.5) is 0 Å². The van der Waals surface area contributed by atoms with Gasteiger partial charge in [0.25, 0.3) is 0 Å². The minimum absolute atomic E-state index is 0.584. The number of benzene rings is 1.